The van der Waals surface area contributed by atoms with E-state index in [-0.39, 0.29) is 5.63 Å². The average molecular weight is 356 g/mol. The molecular formula is C21H28N2O3. The molecule has 1 saturated heterocycles. The van der Waals surface area contributed by atoms with Crippen molar-refractivity contribution < 1.29 is 9.15 Å². The fraction of sp³-hybridized carbons (Fsp3) is 0.571. The van der Waals surface area contributed by atoms with Crippen molar-refractivity contribution in [2.75, 3.05) is 33.3 Å². The van der Waals surface area contributed by atoms with Crippen LogP contribution in [0.15, 0.2) is 33.5 Å². The molecule has 1 aromatic heterocycles. The molecule has 5 heteroatoms. The van der Waals surface area contributed by atoms with E-state index >= 15 is 0 Å². The van der Waals surface area contributed by atoms with Crippen LogP contribution < -0.4 is 10.4 Å². The molecule has 1 aliphatic heterocycles. The lowest BCUT2D eigenvalue weighted by atomic mass is 9.94. The minimum Gasteiger partial charge on any atom is -0.497 e. The van der Waals surface area contributed by atoms with Gasteiger partial charge in [-0.25, -0.2) is 4.79 Å². The van der Waals surface area contributed by atoms with Crippen molar-refractivity contribution in [3.63, 3.8) is 0 Å². The molecule has 2 heterocycles. The summed E-state index contributed by atoms with van der Waals surface area (Å²) in [6.45, 7) is 5.17. The molecular weight excluding hydrogens is 328 g/mol. The predicted molar refractivity (Wildman–Crippen MR) is 103 cm³/mol. The number of fused-ring (bicyclic) bond motifs is 1. The van der Waals surface area contributed by atoms with Gasteiger partial charge in [0.2, 0.25) is 0 Å². The van der Waals surface area contributed by atoms with E-state index in [1.165, 1.54) is 32.1 Å². The normalized spacial score (nSPS) is 20.5. The van der Waals surface area contributed by atoms with Crippen LogP contribution in [0.5, 0.6) is 5.75 Å². The van der Waals surface area contributed by atoms with Crippen molar-refractivity contribution in [1.29, 1.82) is 0 Å². The van der Waals surface area contributed by atoms with Crippen molar-refractivity contribution in [3.05, 3.63) is 40.2 Å². The highest BCUT2D eigenvalue weighted by molar-refractivity contribution is 5.81. The van der Waals surface area contributed by atoms with E-state index in [0.29, 0.717) is 5.58 Å². The first-order valence-corrected chi connectivity index (χ1v) is 9.80. The molecule has 0 amide bonds. The molecule has 0 unspecified atom stereocenters. The lowest BCUT2D eigenvalue weighted by molar-refractivity contribution is 0.0756. The van der Waals surface area contributed by atoms with E-state index in [4.69, 9.17) is 9.15 Å². The average Bonchev–Trinajstić information content (AvgIpc) is 2.69. The number of piperazine rings is 1. The second-order valence-corrected chi connectivity index (χ2v) is 7.56. The molecule has 2 aliphatic rings. The minimum absolute atomic E-state index is 0.279. The zero-order valence-corrected chi connectivity index (χ0v) is 15.6. The summed E-state index contributed by atoms with van der Waals surface area (Å²) in [7, 11) is 1.66. The molecule has 0 bridgehead atoms. The summed E-state index contributed by atoms with van der Waals surface area (Å²) >= 11 is 0. The van der Waals surface area contributed by atoms with Crippen molar-refractivity contribution >= 4 is 11.0 Å². The van der Waals surface area contributed by atoms with Crippen LogP contribution in [-0.2, 0) is 6.54 Å². The molecule has 4 rings (SSSR count). The Morgan fingerprint density at radius 2 is 1.85 bits per heavy atom. The Morgan fingerprint density at radius 1 is 1.08 bits per heavy atom. The SMILES string of the molecule is COc1ccc2oc(=O)cc(CN3CCN(C4CCCCC4)CC3)c2c1. The van der Waals surface area contributed by atoms with Crippen LogP contribution in [0.3, 0.4) is 0 Å². The van der Waals surface area contributed by atoms with Crippen LogP contribution >= 0.6 is 0 Å². The highest BCUT2D eigenvalue weighted by atomic mass is 16.5. The molecule has 1 saturated carbocycles. The quantitative estimate of drug-likeness (QED) is 0.787. The van der Waals surface area contributed by atoms with Gasteiger partial charge in [0.25, 0.3) is 0 Å². The molecule has 0 radical (unpaired) electrons. The van der Waals surface area contributed by atoms with Gasteiger partial charge in [-0.05, 0) is 36.6 Å². The summed E-state index contributed by atoms with van der Waals surface area (Å²) in [6.07, 6.45) is 6.91. The Morgan fingerprint density at radius 3 is 2.58 bits per heavy atom. The van der Waals surface area contributed by atoms with Gasteiger partial charge in [0.05, 0.1) is 7.11 Å². The summed E-state index contributed by atoms with van der Waals surface area (Å²) in [6, 6.07) is 8.04. The van der Waals surface area contributed by atoms with E-state index in [1.54, 1.807) is 13.2 Å². The highest BCUT2D eigenvalue weighted by Gasteiger charge is 2.25. The smallest absolute Gasteiger partial charge is 0.336 e. The van der Waals surface area contributed by atoms with Gasteiger partial charge in [0.1, 0.15) is 11.3 Å². The Hall–Kier alpha value is -1.85. The van der Waals surface area contributed by atoms with Gasteiger partial charge in [-0.2, -0.15) is 0 Å². The van der Waals surface area contributed by atoms with Crippen molar-refractivity contribution in [1.82, 2.24) is 9.80 Å². The lowest BCUT2D eigenvalue weighted by Gasteiger charge is -2.40. The first-order valence-electron chi connectivity index (χ1n) is 9.80. The van der Waals surface area contributed by atoms with Crippen LogP contribution in [0.1, 0.15) is 37.7 Å². The summed E-state index contributed by atoms with van der Waals surface area (Å²) in [5.74, 6) is 0.787. The Labute approximate surface area is 154 Å². The zero-order chi connectivity index (χ0) is 17.9. The summed E-state index contributed by atoms with van der Waals surface area (Å²) in [5.41, 5.74) is 1.38. The maximum absolute atomic E-state index is 11.9. The molecule has 1 aromatic carbocycles. The van der Waals surface area contributed by atoms with Crippen LogP contribution in [0, 0.1) is 0 Å². The van der Waals surface area contributed by atoms with Crippen LogP contribution in [0.4, 0.5) is 0 Å². The summed E-state index contributed by atoms with van der Waals surface area (Å²) in [5, 5.41) is 0.971. The third-order valence-electron chi connectivity index (χ3n) is 5.93. The Kier molecular flexibility index (Phi) is 5.27. The second kappa shape index (κ2) is 7.80. The van der Waals surface area contributed by atoms with Gasteiger partial charge < -0.3 is 9.15 Å². The van der Waals surface area contributed by atoms with Gasteiger partial charge in [-0.3, -0.25) is 9.80 Å². The molecule has 140 valence electrons. The first-order chi connectivity index (χ1) is 12.7. The summed E-state index contributed by atoms with van der Waals surface area (Å²) in [4.78, 5) is 17.1. The third-order valence-corrected chi connectivity index (χ3v) is 5.93. The van der Waals surface area contributed by atoms with Gasteiger partial charge in [0, 0.05) is 50.2 Å². The Bertz CT molecular complexity index is 802. The number of nitrogens with zero attached hydrogens (tertiary/aromatic N) is 2. The van der Waals surface area contributed by atoms with Crippen LogP contribution in [0.2, 0.25) is 0 Å². The van der Waals surface area contributed by atoms with Crippen molar-refractivity contribution in [2.45, 2.75) is 44.7 Å². The van der Waals surface area contributed by atoms with Gasteiger partial charge in [0.15, 0.2) is 0 Å². The van der Waals surface area contributed by atoms with Gasteiger partial charge in [-0.15, -0.1) is 0 Å². The molecule has 2 fully saturated rings. The standard InChI is InChI=1S/C21H28N2O3/c1-25-18-7-8-20-19(14-18)16(13-21(24)26-20)15-22-9-11-23(12-10-22)17-5-3-2-4-6-17/h7-8,13-14,17H,2-6,9-12,15H2,1H3. The predicted octanol–water partition coefficient (Wildman–Crippen LogP) is 3.25. The maximum Gasteiger partial charge on any atom is 0.336 e. The van der Waals surface area contributed by atoms with E-state index in [0.717, 1.165) is 55.5 Å². The highest BCUT2D eigenvalue weighted by Crippen LogP contribution is 2.26. The van der Waals surface area contributed by atoms with Crippen molar-refractivity contribution in [2.24, 2.45) is 0 Å². The minimum atomic E-state index is -0.279. The third kappa shape index (κ3) is 3.79. The fourth-order valence-corrected chi connectivity index (χ4v) is 4.44. The molecule has 5 nitrogen and oxygen atoms in total. The fourth-order valence-electron chi connectivity index (χ4n) is 4.44. The van der Waals surface area contributed by atoms with E-state index < -0.39 is 0 Å². The molecule has 0 atom stereocenters. The number of hydrogen-bond donors (Lipinski definition) is 0. The molecule has 0 spiro atoms. The van der Waals surface area contributed by atoms with Gasteiger partial charge >= 0.3 is 5.63 Å². The zero-order valence-electron chi connectivity index (χ0n) is 15.6. The van der Waals surface area contributed by atoms with Crippen LogP contribution in [-0.4, -0.2) is 49.1 Å². The number of benzene rings is 1. The molecule has 0 N–H and O–H groups in total. The van der Waals surface area contributed by atoms with Crippen molar-refractivity contribution in [3.8, 4) is 5.75 Å². The molecule has 1 aliphatic carbocycles. The number of methoxy groups -OCH3 is 1. The molecule has 26 heavy (non-hydrogen) atoms. The lowest BCUT2D eigenvalue weighted by Crippen LogP contribution is -2.50. The van der Waals surface area contributed by atoms with Gasteiger partial charge in [-0.1, -0.05) is 19.3 Å². The number of hydrogen-bond acceptors (Lipinski definition) is 5. The van der Waals surface area contributed by atoms with Crippen LogP contribution in [0.25, 0.3) is 11.0 Å². The van der Waals surface area contributed by atoms with E-state index in [9.17, 15) is 4.79 Å². The first kappa shape index (κ1) is 17.6. The second-order valence-electron chi connectivity index (χ2n) is 7.56. The Balaban J connectivity index is 1.47. The maximum atomic E-state index is 11.9. The number of ether oxygens (including phenoxy) is 1. The largest absolute Gasteiger partial charge is 0.497 e. The topological polar surface area (TPSA) is 45.9 Å². The number of rotatable bonds is 4. The van der Waals surface area contributed by atoms with E-state index in [2.05, 4.69) is 9.80 Å². The monoisotopic (exact) mass is 356 g/mol. The summed E-state index contributed by atoms with van der Waals surface area (Å²) < 4.78 is 10.7. The van der Waals surface area contributed by atoms with E-state index in [1.807, 2.05) is 18.2 Å². The molecule has 2 aromatic rings.